The molecule has 3 heterocycles. The van der Waals surface area contributed by atoms with Gasteiger partial charge in [0.15, 0.2) is 6.29 Å². The second kappa shape index (κ2) is 11.2. The van der Waals surface area contributed by atoms with E-state index in [0.717, 1.165) is 4.57 Å². The van der Waals surface area contributed by atoms with E-state index < -0.39 is 89.2 Å². The Morgan fingerprint density at radius 3 is 2.36 bits per heavy atom. The van der Waals surface area contributed by atoms with E-state index in [1.165, 1.54) is 13.1 Å². The predicted octanol–water partition coefficient (Wildman–Crippen LogP) is -3.46. The average molecular weight is 564 g/mol. The monoisotopic (exact) mass is 564 g/mol. The number of ether oxygens (including phenoxy) is 2. The second-order valence-corrected chi connectivity index (χ2v) is 11.0. The number of nitrogens with zero attached hydrogens (tertiary/aromatic N) is 1. The quantitative estimate of drug-likeness (QED) is 0.135. The molecule has 20 heteroatoms. The number of aliphatic hydroxyl groups is 5. The van der Waals surface area contributed by atoms with Gasteiger partial charge in [-0.15, -0.1) is 0 Å². The standard InChI is InChI=1S/C16H26N2O16P2/c1-6-3-18(16(25)17-14(6)24)10-2-7(20)9(31-10)5-30-35(26,27)34-36(28,29)33-15-13(23)12(22)11(21)8(4-19)32-15/h3,7-13,15,19-23H,2,4-5H2,1H3,(H,26,27)(H,28,29)(H,17,24,25)/t7-,8+,9+,10?,11+,12-,13-,15?/m0/s1. The van der Waals surface area contributed by atoms with E-state index in [1.807, 2.05) is 0 Å². The molecule has 206 valence electrons. The molecule has 0 saturated carbocycles. The normalized spacial score (nSPS) is 36.3. The van der Waals surface area contributed by atoms with Crippen LogP contribution in [0.2, 0.25) is 0 Å². The number of phosphoric acid groups is 2. The van der Waals surface area contributed by atoms with Crippen LogP contribution in [0.4, 0.5) is 0 Å². The number of aromatic nitrogens is 2. The lowest BCUT2D eigenvalue weighted by molar-refractivity contribution is -0.280. The molecule has 0 aliphatic carbocycles. The van der Waals surface area contributed by atoms with E-state index in [4.69, 9.17) is 14.6 Å². The first-order chi connectivity index (χ1) is 16.6. The maximum atomic E-state index is 12.2. The van der Waals surface area contributed by atoms with Gasteiger partial charge in [-0.05, 0) is 6.92 Å². The highest BCUT2D eigenvalue weighted by Gasteiger charge is 2.48. The van der Waals surface area contributed by atoms with E-state index >= 15 is 0 Å². The van der Waals surface area contributed by atoms with Gasteiger partial charge in [0.1, 0.15) is 36.7 Å². The van der Waals surface area contributed by atoms with Gasteiger partial charge in [-0.1, -0.05) is 0 Å². The Balaban J connectivity index is 1.59. The molecule has 0 amide bonds. The van der Waals surface area contributed by atoms with Crippen molar-refractivity contribution in [2.75, 3.05) is 13.2 Å². The van der Waals surface area contributed by atoms with Gasteiger partial charge in [-0.25, -0.2) is 13.9 Å². The molecule has 18 nitrogen and oxygen atoms in total. The lowest BCUT2D eigenvalue weighted by Crippen LogP contribution is -2.58. The van der Waals surface area contributed by atoms with Crippen molar-refractivity contribution in [3.63, 3.8) is 0 Å². The Morgan fingerprint density at radius 1 is 1.06 bits per heavy atom. The number of aliphatic hydroxyl groups excluding tert-OH is 5. The number of hydrogen-bond donors (Lipinski definition) is 8. The van der Waals surface area contributed by atoms with E-state index in [-0.39, 0.29) is 12.0 Å². The topological polar surface area (TPSA) is 277 Å². The minimum Gasteiger partial charge on any atom is -0.394 e. The van der Waals surface area contributed by atoms with Crippen molar-refractivity contribution >= 4 is 15.6 Å². The van der Waals surface area contributed by atoms with Crippen LogP contribution in [0.1, 0.15) is 18.2 Å². The first kappa shape index (κ1) is 29.2. The molecule has 0 aromatic carbocycles. The van der Waals surface area contributed by atoms with E-state index in [2.05, 4.69) is 18.3 Å². The summed E-state index contributed by atoms with van der Waals surface area (Å²) in [6, 6.07) is 0. The highest BCUT2D eigenvalue weighted by molar-refractivity contribution is 7.61. The van der Waals surface area contributed by atoms with Gasteiger partial charge < -0.3 is 44.8 Å². The average Bonchev–Trinajstić information content (AvgIpc) is 3.14. The Bertz CT molecular complexity index is 1140. The SMILES string of the molecule is Cc1cn(C2C[C@H](O)[C@@H](COP(=O)(O)OP(=O)(O)OC3O[C@H](CO)[C@@H](O)[C@H](O)[C@@H]3O)O2)c(=O)[nH]c1=O. The number of aromatic amines is 1. The summed E-state index contributed by atoms with van der Waals surface area (Å²) in [6.07, 6.45) is -12.2. The lowest BCUT2D eigenvalue weighted by Gasteiger charge is -2.39. The lowest BCUT2D eigenvalue weighted by atomic mass is 10.00. The molecular weight excluding hydrogens is 538 g/mol. The van der Waals surface area contributed by atoms with Crippen molar-refractivity contribution in [3.8, 4) is 0 Å². The fourth-order valence-corrected chi connectivity index (χ4v) is 5.62. The zero-order valence-corrected chi connectivity index (χ0v) is 20.3. The van der Waals surface area contributed by atoms with Crippen LogP contribution in [0.3, 0.4) is 0 Å². The number of rotatable bonds is 9. The van der Waals surface area contributed by atoms with E-state index in [1.54, 1.807) is 0 Å². The molecule has 4 unspecified atom stereocenters. The van der Waals surface area contributed by atoms with Crippen LogP contribution in [0.15, 0.2) is 15.8 Å². The van der Waals surface area contributed by atoms with Crippen LogP contribution in [-0.4, -0.2) is 101 Å². The fraction of sp³-hybridized carbons (Fsp3) is 0.750. The van der Waals surface area contributed by atoms with E-state index in [9.17, 15) is 48.9 Å². The van der Waals surface area contributed by atoms with Crippen molar-refractivity contribution in [3.05, 3.63) is 32.6 Å². The minimum atomic E-state index is -5.54. The molecule has 2 aliphatic rings. The van der Waals surface area contributed by atoms with Crippen molar-refractivity contribution in [2.45, 2.75) is 62.5 Å². The summed E-state index contributed by atoms with van der Waals surface area (Å²) in [7, 11) is -10.9. The molecule has 1 aromatic rings. The van der Waals surface area contributed by atoms with Crippen molar-refractivity contribution < 1.29 is 67.3 Å². The van der Waals surface area contributed by atoms with Gasteiger partial charge >= 0.3 is 21.3 Å². The van der Waals surface area contributed by atoms with Gasteiger partial charge in [0.25, 0.3) is 5.56 Å². The molecule has 1 aromatic heterocycles. The Morgan fingerprint density at radius 2 is 1.72 bits per heavy atom. The first-order valence-corrected chi connectivity index (χ1v) is 13.3. The number of phosphoric ester groups is 2. The molecule has 3 rings (SSSR count). The summed E-state index contributed by atoms with van der Waals surface area (Å²) in [4.78, 5) is 45.2. The number of H-pyrrole nitrogens is 1. The molecule has 36 heavy (non-hydrogen) atoms. The minimum absolute atomic E-state index is 0.172. The van der Waals surface area contributed by atoms with Crippen molar-refractivity contribution in [1.29, 1.82) is 0 Å². The molecule has 2 fully saturated rings. The van der Waals surface area contributed by atoms with Gasteiger partial charge in [0.2, 0.25) is 0 Å². The molecule has 2 aliphatic heterocycles. The predicted molar refractivity (Wildman–Crippen MR) is 112 cm³/mol. The van der Waals surface area contributed by atoms with Crippen LogP contribution >= 0.6 is 15.6 Å². The Kier molecular flexibility index (Phi) is 9.08. The largest absolute Gasteiger partial charge is 0.483 e. The maximum Gasteiger partial charge on any atom is 0.483 e. The molecule has 0 spiro atoms. The van der Waals surface area contributed by atoms with Crippen molar-refractivity contribution in [1.82, 2.24) is 9.55 Å². The van der Waals surface area contributed by atoms with Gasteiger partial charge in [-0.3, -0.25) is 23.4 Å². The van der Waals surface area contributed by atoms with E-state index in [0.29, 0.717) is 0 Å². The number of aryl methyl sites for hydroxylation is 1. The molecule has 2 saturated heterocycles. The molecule has 8 N–H and O–H groups in total. The maximum absolute atomic E-state index is 12.2. The fourth-order valence-electron chi connectivity index (χ4n) is 3.46. The van der Waals surface area contributed by atoms with Crippen LogP contribution in [-0.2, 0) is 32.0 Å². The summed E-state index contributed by atoms with van der Waals surface area (Å²) in [6.45, 7) is -0.305. The summed E-state index contributed by atoms with van der Waals surface area (Å²) < 4.78 is 48.8. The molecule has 10 atom stereocenters. The smallest absolute Gasteiger partial charge is 0.394 e. The number of nitrogens with one attached hydrogen (secondary N) is 1. The third kappa shape index (κ3) is 6.75. The van der Waals surface area contributed by atoms with Crippen molar-refractivity contribution in [2.24, 2.45) is 0 Å². The summed E-state index contributed by atoms with van der Waals surface area (Å²) >= 11 is 0. The zero-order chi connectivity index (χ0) is 27.0. The first-order valence-electron chi connectivity index (χ1n) is 10.3. The van der Waals surface area contributed by atoms with Crippen LogP contribution in [0.25, 0.3) is 0 Å². The van der Waals surface area contributed by atoms with Gasteiger partial charge in [0.05, 0.1) is 19.3 Å². The van der Waals surface area contributed by atoms with Crippen LogP contribution in [0.5, 0.6) is 0 Å². The summed E-state index contributed by atoms with van der Waals surface area (Å²) in [5, 5.41) is 48.5. The Hall–Kier alpha value is -1.34. The number of hydrogen-bond acceptors (Lipinski definition) is 14. The molecule has 0 bridgehead atoms. The van der Waals surface area contributed by atoms with Gasteiger partial charge in [0, 0.05) is 18.2 Å². The van der Waals surface area contributed by atoms with Gasteiger partial charge in [-0.2, -0.15) is 4.31 Å². The summed E-state index contributed by atoms with van der Waals surface area (Å²) in [5.41, 5.74) is -1.27. The second-order valence-electron chi connectivity index (χ2n) is 8.03. The summed E-state index contributed by atoms with van der Waals surface area (Å²) in [5.74, 6) is 0. The van der Waals surface area contributed by atoms with Crippen LogP contribution < -0.4 is 11.2 Å². The Labute approximate surface area is 201 Å². The zero-order valence-electron chi connectivity index (χ0n) is 18.5. The third-order valence-electron chi connectivity index (χ3n) is 5.35. The third-order valence-corrected chi connectivity index (χ3v) is 7.95. The van der Waals surface area contributed by atoms with Crippen LogP contribution in [0, 0.1) is 6.92 Å². The highest BCUT2D eigenvalue weighted by atomic mass is 31.3. The highest BCUT2D eigenvalue weighted by Crippen LogP contribution is 2.61. The molecule has 0 radical (unpaired) electrons. The molecular formula is C16H26N2O16P2.